The first-order chi connectivity index (χ1) is 18.1. The Hall–Kier alpha value is -0.500. The molecule has 0 aromatic heterocycles. The fourth-order valence-electron chi connectivity index (χ4n) is 4.14. The van der Waals surface area contributed by atoms with E-state index in [0.29, 0.717) is 19.4 Å². The molecule has 0 aromatic rings. The number of amides is 1. The summed E-state index contributed by atoms with van der Waals surface area (Å²) in [6.07, 6.45) is 18.5. The molecule has 0 saturated carbocycles. The van der Waals surface area contributed by atoms with Crippen molar-refractivity contribution in [2.75, 3.05) is 54.1 Å². The zero-order valence-corrected chi connectivity index (χ0v) is 26.4. The van der Waals surface area contributed by atoms with Crippen LogP contribution in [-0.2, 0) is 23.1 Å². The van der Waals surface area contributed by atoms with Gasteiger partial charge in [0.2, 0.25) is 5.91 Å². The molecular weight excluding hydrogens is 503 g/mol. The molecular formula is C29H62N2O6P+. The Morgan fingerprint density at radius 2 is 1.29 bits per heavy atom. The van der Waals surface area contributed by atoms with E-state index < -0.39 is 13.9 Å². The summed E-state index contributed by atoms with van der Waals surface area (Å²) in [5.41, 5.74) is 0. The maximum Gasteiger partial charge on any atom is 0.472 e. The predicted octanol–water partition coefficient (Wildman–Crippen LogP) is 7.00. The molecule has 228 valence electrons. The highest BCUT2D eigenvalue weighted by Crippen LogP contribution is 2.43. The quantitative estimate of drug-likeness (QED) is 0.0603. The van der Waals surface area contributed by atoms with Crippen molar-refractivity contribution in [2.45, 2.75) is 129 Å². The van der Waals surface area contributed by atoms with Crippen LogP contribution in [0.15, 0.2) is 0 Å². The van der Waals surface area contributed by atoms with Gasteiger partial charge in [0.05, 0.1) is 47.0 Å². The van der Waals surface area contributed by atoms with Gasteiger partial charge in [-0.15, -0.1) is 0 Å². The molecule has 38 heavy (non-hydrogen) atoms. The van der Waals surface area contributed by atoms with Crippen LogP contribution in [0.25, 0.3) is 0 Å². The minimum atomic E-state index is -4.17. The summed E-state index contributed by atoms with van der Waals surface area (Å²) in [6, 6.07) is 0. The number of carbonyl (C=O) groups is 1. The van der Waals surface area contributed by atoms with Gasteiger partial charge in [-0.1, -0.05) is 97.3 Å². The number of quaternary nitrogens is 1. The van der Waals surface area contributed by atoms with Crippen molar-refractivity contribution >= 4 is 13.7 Å². The number of hydrogen-bond acceptors (Lipinski definition) is 5. The molecule has 2 unspecified atom stereocenters. The molecule has 0 radical (unpaired) electrons. The summed E-state index contributed by atoms with van der Waals surface area (Å²) < 4.78 is 29.4. The van der Waals surface area contributed by atoms with Gasteiger partial charge in [-0.2, -0.15) is 0 Å². The Morgan fingerprint density at radius 3 is 1.84 bits per heavy atom. The summed E-state index contributed by atoms with van der Waals surface area (Å²) >= 11 is 0. The molecule has 0 aliphatic carbocycles. The topological polar surface area (TPSA) is 94.1 Å². The first-order valence-electron chi connectivity index (χ1n) is 15.4. The second-order valence-electron chi connectivity index (χ2n) is 11.6. The summed E-state index contributed by atoms with van der Waals surface area (Å²) in [5.74, 6) is -0.00940. The Labute approximate surface area is 234 Å². The van der Waals surface area contributed by atoms with Gasteiger partial charge in [0.1, 0.15) is 0 Å². The van der Waals surface area contributed by atoms with Gasteiger partial charge in [0, 0.05) is 26.0 Å². The zero-order chi connectivity index (χ0) is 28.5. The Kier molecular flexibility index (Phi) is 24.0. The monoisotopic (exact) mass is 565 g/mol. The number of phosphoric ester groups is 1. The van der Waals surface area contributed by atoms with Crippen LogP contribution in [0.3, 0.4) is 0 Å². The lowest BCUT2D eigenvalue weighted by Gasteiger charge is -2.24. The second kappa shape index (κ2) is 24.3. The standard InChI is InChI=1S/C29H61N2O6P/c1-6-8-10-12-14-15-16-17-19-22-29(32)30-26-28(35-24-20-18-13-11-9-7-2)27-37-38(33,34)36-25-21-23-31(3,4)5/h28H,6-27H2,1-5H3,(H-,30,32,33,34)/p+1. The average Bonchev–Trinajstić information content (AvgIpc) is 2.85. The number of rotatable bonds is 28. The van der Waals surface area contributed by atoms with E-state index in [-0.39, 0.29) is 25.7 Å². The van der Waals surface area contributed by atoms with E-state index in [1.807, 2.05) is 0 Å². The third-order valence-corrected chi connectivity index (χ3v) is 7.52. The minimum absolute atomic E-state index is 0.00940. The van der Waals surface area contributed by atoms with E-state index in [1.54, 1.807) is 0 Å². The SMILES string of the molecule is CCCCCCCCCCCC(=O)NCC(COP(=O)(O)OCCC[N+](C)(C)C)OCCCCCCCC. The summed E-state index contributed by atoms with van der Waals surface area (Å²) in [7, 11) is 2.01. The lowest BCUT2D eigenvalue weighted by molar-refractivity contribution is -0.870. The van der Waals surface area contributed by atoms with Crippen molar-refractivity contribution in [2.24, 2.45) is 0 Å². The van der Waals surface area contributed by atoms with Crippen molar-refractivity contribution in [3.63, 3.8) is 0 Å². The first-order valence-corrected chi connectivity index (χ1v) is 16.9. The van der Waals surface area contributed by atoms with Crippen molar-refractivity contribution in [1.82, 2.24) is 5.32 Å². The normalized spacial score (nSPS) is 14.4. The fourth-order valence-corrected chi connectivity index (χ4v) is 4.93. The third kappa shape index (κ3) is 27.1. The van der Waals surface area contributed by atoms with Crippen LogP contribution in [-0.4, -0.2) is 75.4 Å². The minimum Gasteiger partial charge on any atom is -0.374 e. The largest absolute Gasteiger partial charge is 0.472 e. The van der Waals surface area contributed by atoms with Crippen LogP contribution in [0.5, 0.6) is 0 Å². The molecule has 0 heterocycles. The molecule has 0 aliphatic heterocycles. The van der Waals surface area contributed by atoms with Gasteiger partial charge >= 0.3 is 7.82 Å². The zero-order valence-electron chi connectivity index (χ0n) is 25.5. The molecule has 0 spiro atoms. The van der Waals surface area contributed by atoms with Gasteiger partial charge in [-0.05, 0) is 12.8 Å². The van der Waals surface area contributed by atoms with Gasteiger partial charge in [0.25, 0.3) is 0 Å². The molecule has 0 aliphatic rings. The third-order valence-electron chi connectivity index (χ3n) is 6.54. The van der Waals surface area contributed by atoms with Crippen molar-refractivity contribution in [1.29, 1.82) is 0 Å². The second-order valence-corrected chi connectivity index (χ2v) is 13.1. The lowest BCUT2D eigenvalue weighted by atomic mass is 10.1. The van der Waals surface area contributed by atoms with E-state index in [1.165, 1.54) is 70.6 Å². The van der Waals surface area contributed by atoms with Gasteiger partial charge in [-0.3, -0.25) is 13.8 Å². The molecule has 0 fully saturated rings. The Balaban J connectivity index is 4.34. The van der Waals surface area contributed by atoms with Crippen LogP contribution in [0.1, 0.15) is 123 Å². The van der Waals surface area contributed by atoms with Crippen molar-refractivity contribution < 1.29 is 32.5 Å². The van der Waals surface area contributed by atoms with Crippen LogP contribution in [0.2, 0.25) is 0 Å². The maximum atomic E-state index is 12.3. The van der Waals surface area contributed by atoms with Gasteiger partial charge in [0.15, 0.2) is 0 Å². The highest BCUT2D eigenvalue weighted by atomic mass is 31.2. The van der Waals surface area contributed by atoms with Crippen molar-refractivity contribution in [3.05, 3.63) is 0 Å². The number of phosphoric acid groups is 1. The average molecular weight is 566 g/mol. The van der Waals surface area contributed by atoms with Crippen LogP contribution in [0, 0.1) is 0 Å². The van der Waals surface area contributed by atoms with E-state index in [2.05, 4.69) is 40.3 Å². The van der Waals surface area contributed by atoms with Gasteiger partial charge < -0.3 is 19.4 Å². The molecule has 2 N–H and O–H groups in total. The molecule has 2 atom stereocenters. The fraction of sp³-hybridized carbons (Fsp3) is 0.966. The van der Waals surface area contributed by atoms with Gasteiger partial charge in [-0.25, -0.2) is 4.57 Å². The van der Waals surface area contributed by atoms with Crippen LogP contribution in [0.4, 0.5) is 0 Å². The van der Waals surface area contributed by atoms with E-state index in [0.717, 1.165) is 36.7 Å². The molecule has 8 nitrogen and oxygen atoms in total. The molecule has 9 heteroatoms. The first kappa shape index (κ1) is 37.5. The molecule has 0 saturated heterocycles. The summed E-state index contributed by atoms with van der Waals surface area (Å²) in [6.45, 7) is 6.11. The number of nitrogens with one attached hydrogen (secondary N) is 1. The maximum absolute atomic E-state index is 12.3. The van der Waals surface area contributed by atoms with E-state index in [9.17, 15) is 14.3 Å². The smallest absolute Gasteiger partial charge is 0.374 e. The Morgan fingerprint density at radius 1 is 0.763 bits per heavy atom. The Bertz CT molecular complexity index is 600. The number of carbonyl (C=O) groups excluding carboxylic acids is 1. The molecule has 1 amide bonds. The summed E-state index contributed by atoms with van der Waals surface area (Å²) in [4.78, 5) is 22.4. The highest BCUT2D eigenvalue weighted by molar-refractivity contribution is 7.47. The molecule has 0 bridgehead atoms. The van der Waals surface area contributed by atoms with Crippen LogP contribution < -0.4 is 5.32 Å². The molecule has 0 aromatic carbocycles. The van der Waals surface area contributed by atoms with Crippen LogP contribution >= 0.6 is 7.82 Å². The lowest BCUT2D eigenvalue weighted by Crippen LogP contribution is -2.36. The number of unbranched alkanes of at least 4 members (excludes halogenated alkanes) is 13. The molecule has 0 rings (SSSR count). The number of ether oxygens (including phenoxy) is 1. The van der Waals surface area contributed by atoms with E-state index >= 15 is 0 Å². The summed E-state index contributed by atoms with van der Waals surface area (Å²) in [5, 5.41) is 2.92. The van der Waals surface area contributed by atoms with E-state index in [4.69, 9.17) is 13.8 Å². The van der Waals surface area contributed by atoms with Crippen molar-refractivity contribution in [3.8, 4) is 0 Å². The highest BCUT2D eigenvalue weighted by Gasteiger charge is 2.24. The number of hydrogen-bond donors (Lipinski definition) is 2. The predicted molar refractivity (Wildman–Crippen MR) is 157 cm³/mol. The number of nitrogens with zero attached hydrogens (tertiary/aromatic N) is 1.